The fourth-order valence-electron chi connectivity index (χ4n) is 1.73. The van der Waals surface area contributed by atoms with Gasteiger partial charge in [-0.3, -0.25) is 0 Å². The van der Waals surface area contributed by atoms with E-state index < -0.39 is 9.84 Å². The van der Waals surface area contributed by atoms with E-state index in [4.69, 9.17) is 11.0 Å². The molecular formula is C9H12N4O2S2. The molecule has 1 fully saturated rings. The summed E-state index contributed by atoms with van der Waals surface area (Å²) in [5.74, 6) is 0.616. The van der Waals surface area contributed by atoms with Gasteiger partial charge >= 0.3 is 0 Å². The van der Waals surface area contributed by atoms with Gasteiger partial charge in [0.05, 0.1) is 11.5 Å². The summed E-state index contributed by atoms with van der Waals surface area (Å²) >= 11 is 1.14. The van der Waals surface area contributed by atoms with E-state index >= 15 is 0 Å². The molecule has 2 rings (SSSR count). The number of nitrogens with one attached hydrogen (secondary N) is 1. The SMILES string of the molecule is N#Cc1c(N)nsc1NC1CCS(=O)(=O)CC1. The van der Waals surface area contributed by atoms with E-state index in [9.17, 15) is 8.42 Å². The van der Waals surface area contributed by atoms with E-state index in [1.807, 2.05) is 6.07 Å². The van der Waals surface area contributed by atoms with Crippen LogP contribution in [0, 0.1) is 11.3 Å². The number of hydrogen-bond donors (Lipinski definition) is 2. The van der Waals surface area contributed by atoms with Crippen LogP contribution in [0.4, 0.5) is 10.8 Å². The minimum Gasteiger partial charge on any atom is -0.382 e. The number of hydrogen-bond acceptors (Lipinski definition) is 7. The molecule has 0 spiro atoms. The van der Waals surface area contributed by atoms with Crippen LogP contribution >= 0.6 is 11.5 Å². The zero-order valence-corrected chi connectivity index (χ0v) is 10.6. The lowest BCUT2D eigenvalue weighted by atomic mass is 10.1. The number of anilines is 2. The maximum absolute atomic E-state index is 11.3. The standard InChI is InChI=1S/C9H12N4O2S2/c10-5-7-8(11)13-16-9(7)12-6-1-3-17(14,15)4-2-6/h6,12H,1-4H2,(H2,11,13). The maximum Gasteiger partial charge on any atom is 0.157 e. The van der Waals surface area contributed by atoms with Gasteiger partial charge in [-0.2, -0.15) is 9.64 Å². The van der Waals surface area contributed by atoms with Gasteiger partial charge in [0.15, 0.2) is 5.82 Å². The molecule has 8 heteroatoms. The number of nitriles is 1. The molecule has 0 bridgehead atoms. The van der Waals surface area contributed by atoms with Crippen LogP contribution in [0.15, 0.2) is 0 Å². The van der Waals surface area contributed by atoms with Gasteiger partial charge in [0.2, 0.25) is 0 Å². The van der Waals surface area contributed by atoms with Crippen LogP contribution in [0.1, 0.15) is 18.4 Å². The monoisotopic (exact) mass is 272 g/mol. The third-order valence-electron chi connectivity index (χ3n) is 2.72. The highest BCUT2D eigenvalue weighted by Crippen LogP contribution is 2.28. The summed E-state index contributed by atoms with van der Waals surface area (Å²) in [6.45, 7) is 0. The molecule has 0 radical (unpaired) electrons. The van der Waals surface area contributed by atoms with Gasteiger partial charge in [-0.1, -0.05) is 0 Å². The topological polar surface area (TPSA) is 109 Å². The Kier molecular flexibility index (Phi) is 3.22. The van der Waals surface area contributed by atoms with Gasteiger partial charge in [0.1, 0.15) is 26.5 Å². The minimum atomic E-state index is -2.86. The van der Waals surface area contributed by atoms with Crippen molar-refractivity contribution >= 4 is 32.2 Å². The van der Waals surface area contributed by atoms with Crippen molar-refractivity contribution in [2.24, 2.45) is 0 Å². The second kappa shape index (κ2) is 4.50. The Morgan fingerprint density at radius 3 is 2.71 bits per heavy atom. The third kappa shape index (κ3) is 2.68. The molecule has 0 aliphatic carbocycles. The molecule has 0 aromatic carbocycles. The Morgan fingerprint density at radius 1 is 1.47 bits per heavy atom. The van der Waals surface area contributed by atoms with Crippen molar-refractivity contribution in [3.8, 4) is 6.07 Å². The van der Waals surface area contributed by atoms with Gasteiger partial charge in [0, 0.05) is 6.04 Å². The van der Waals surface area contributed by atoms with Gasteiger partial charge in [0.25, 0.3) is 0 Å². The molecule has 6 nitrogen and oxygen atoms in total. The second-order valence-electron chi connectivity index (χ2n) is 3.95. The van der Waals surface area contributed by atoms with Crippen molar-refractivity contribution < 1.29 is 8.42 Å². The number of sulfone groups is 1. The van der Waals surface area contributed by atoms with Gasteiger partial charge < -0.3 is 11.1 Å². The molecule has 3 N–H and O–H groups in total. The minimum absolute atomic E-state index is 0.0745. The Morgan fingerprint density at radius 2 is 2.12 bits per heavy atom. The molecule has 0 amide bonds. The molecule has 0 saturated carbocycles. The smallest absolute Gasteiger partial charge is 0.157 e. The zero-order chi connectivity index (χ0) is 12.5. The molecule has 2 heterocycles. The first kappa shape index (κ1) is 12.1. The number of nitrogens with zero attached hydrogens (tertiary/aromatic N) is 2. The van der Waals surface area contributed by atoms with E-state index in [1.54, 1.807) is 0 Å². The van der Waals surface area contributed by atoms with Crippen LogP contribution in [0.25, 0.3) is 0 Å². The van der Waals surface area contributed by atoms with Crippen molar-refractivity contribution in [2.75, 3.05) is 22.6 Å². The van der Waals surface area contributed by atoms with Crippen LogP contribution in [-0.2, 0) is 9.84 Å². The molecule has 17 heavy (non-hydrogen) atoms. The van der Waals surface area contributed by atoms with Gasteiger partial charge in [-0.05, 0) is 24.4 Å². The van der Waals surface area contributed by atoms with Crippen molar-refractivity contribution in [3.63, 3.8) is 0 Å². The average Bonchev–Trinajstić information content (AvgIpc) is 2.62. The Balaban J connectivity index is 2.05. The van der Waals surface area contributed by atoms with E-state index in [0.29, 0.717) is 23.4 Å². The van der Waals surface area contributed by atoms with Crippen molar-refractivity contribution in [1.82, 2.24) is 4.37 Å². The predicted molar refractivity (Wildman–Crippen MR) is 66.5 cm³/mol. The number of rotatable bonds is 2. The third-order valence-corrected chi connectivity index (χ3v) is 5.23. The van der Waals surface area contributed by atoms with E-state index in [-0.39, 0.29) is 23.4 Å². The lowest BCUT2D eigenvalue weighted by molar-refractivity contribution is 0.560. The summed E-state index contributed by atoms with van der Waals surface area (Å²) in [5, 5.41) is 12.7. The van der Waals surface area contributed by atoms with Crippen molar-refractivity contribution in [1.29, 1.82) is 5.26 Å². The van der Waals surface area contributed by atoms with Crippen molar-refractivity contribution in [2.45, 2.75) is 18.9 Å². The quantitative estimate of drug-likeness (QED) is 0.815. The number of nitrogens with two attached hydrogens (primary N) is 1. The molecule has 0 atom stereocenters. The van der Waals surface area contributed by atoms with Gasteiger partial charge in [-0.25, -0.2) is 8.42 Å². The average molecular weight is 272 g/mol. The van der Waals surface area contributed by atoms with E-state index in [2.05, 4.69) is 9.69 Å². The molecule has 1 saturated heterocycles. The highest BCUT2D eigenvalue weighted by molar-refractivity contribution is 7.91. The molecule has 92 valence electrons. The largest absolute Gasteiger partial charge is 0.382 e. The zero-order valence-electron chi connectivity index (χ0n) is 9.01. The summed E-state index contributed by atoms with van der Waals surface area (Å²) in [5.41, 5.74) is 5.89. The summed E-state index contributed by atoms with van der Waals surface area (Å²) in [7, 11) is -2.86. The van der Waals surface area contributed by atoms with Crippen LogP contribution in [-0.4, -0.2) is 30.3 Å². The van der Waals surface area contributed by atoms with Crippen LogP contribution < -0.4 is 11.1 Å². The lowest BCUT2D eigenvalue weighted by Gasteiger charge is -2.23. The lowest BCUT2D eigenvalue weighted by Crippen LogP contribution is -2.32. The fourth-order valence-corrected chi connectivity index (χ4v) is 3.96. The Labute approximate surface area is 104 Å². The van der Waals surface area contributed by atoms with Crippen LogP contribution in [0.2, 0.25) is 0 Å². The molecule has 0 unspecified atom stereocenters. The Hall–Kier alpha value is -1.33. The fraction of sp³-hybridized carbons (Fsp3) is 0.556. The normalized spacial score (nSPS) is 19.7. The summed E-state index contributed by atoms with van der Waals surface area (Å²) < 4.78 is 26.4. The first-order chi connectivity index (χ1) is 8.02. The number of aromatic nitrogens is 1. The maximum atomic E-state index is 11.3. The second-order valence-corrected chi connectivity index (χ2v) is 7.03. The summed E-state index contributed by atoms with van der Waals surface area (Å²) in [4.78, 5) is 0. The highest BCUT2D eigenvalue weighted by Gasteiger charge is 2.24. The van der Waals surface area contributed by atoms with Crippen LogP contribution in [0.3, 0.4) is 0 Å². The molecule has 1 aromatic rings. The first-order valence-corrected chi connectivity index (χ1v) is 7.73. The van der Waals surface area contributed by atoms with Crippen LogP contribution in [0.5, 0.6) is 0 Å². The first-order valence-electron chi connectivity index (χ1n) is 5.14. The number of nitrogen functional groups attached to an aromatic ring is 1. The Bertz CT molecular complexity index is 544. The highest BCUT2D eigenvalue weighted by atomic mass is 32.2. The molecule has 1 aliphatic heterocycles. The van der Waals surface area contributed by atoms with Gasteiger partial charge in [-0.15, -0.1) is 0 Å². The molecular weight excluding hydrogens is 260 g/mol. The predicted octanol–water partition coefficient (Wildman–Crippen LogP) is 0.586. The molecule has 1 aliphatic rings. The van der Waals surface area contributed by atoms with E-state index in [1.165, 1.54) is 0 Å². The summed E-state index contributed by atoms with van der Waals surface area (Å²) in [6, 6.07) is 2.07. The molecule has 1 aromatic heterocycles. The van der Waals surface area contributed by atoms with Crippen molar-refractivity contribution in [3.05, 3.63) is 5.56 Å². The van der Waals surface area contributed by atoms with E-state index in [0.717, 1.165) is 11.5 Å². The summed E-state index contributed by atoms with van der Waals surface area (Å²) in [6.07, 6.45) is 1.12.